The predicted octanol–water partition coefficient (Wildman–Crippen LogP) is 2.01. The molecular formula is C22H29FN4O3S. The van der Waals surface area contributed by atoms with Gasteiger partial charge in [-0.15, -0.1) is 0 Å². The van der Waals surface area contributed by atoms with E-state index in [4.69, 9.17) is 0 Å². The van der Waals surface area contributed by atoms with E-state index in [1.165, 1.54) is 28.1 Å². The standard InChI is InChI=1S/C22H29FN4O3S/c1-25(2)20(15-18-7-4-3-5-8-18)17-24-22(28)26-11-13-27(14-12-26)31(29,30)21-10-6-9-19(23)16-21/h3-10,16,20H,11-15,17H2,1-2H3,(H,24,28)/t20-/m1/s1. The van der Waals surface area contributed by atoms with E-state index in [1.54, 1.807) is 4.90 Å². The van der Waals surface area contributed by atoms with Gasteiger partial charge < -0.3 is 15.1 Å². The molecule has 0 aliphatic carbocycles. The van der Waals surface area contributed by atoms with Crippen molar-refractivity contribution in [2.45, 2.75) is 17.4 Å². The summed E-state index contributed by atoms with van der Waals surface area (Å²) >= 11 is 0. The van der Waals surface area contributed by atoms with Crippen LogP contribution in [0.5, 0.6) is 0 Å². The van der Waals surface area contributed by atoms with E-state index >= 15 is 0 Å². The van der Waals surface area contributed by atoms with Gasteiger partial charge >= 0.3 is 6.03 Å². The number of carbonyl (C=O) groups is 1. The third-order valence-electron chi connectivity index (χ3n) is 5.49. The molecule has 0 radical (unpaired) electrons. The Morgan fingerprint density at radius 3 is 2.35 bits per heavy atom. The summed E-state index contributed by atoms with van der Waals surface area (Å²) < 4.78 is 40.2. The number of amides is 2. The summed E-state index contributed by atoms with van der Waals surface area (Å²) in [7, 11) is 0.187. The quantitative estimate of drug-likeness (QED) is 0.703. The van der Waals surface area contributed by atoms with Crippen molar-refractivity contribution in [3.8, 4) is 0 Å². The summed E-state index contributed by atoms with van der Waals surface area (Å²) in [5.74, 6) is -0.593. The first-order valence-electron chi connectivity index (χ1n) is 10.3. The molecular weight excluding hydrogens is 419 g/mol. The van der Waals surface area contributed by atoms with Gasteiger partial charge in [0.05, 0.1) is 4.90 Å². The van der Waals surface area contributed by atoms with Crippen LogP contribution in [-0.4, -0.2) is 81.4 Å². The van der Waals surface area contributed by atoms with Crippen LogP contribution in [0.1, 0.15) is 5.56 Å². The Hall–Kier alpha value is -2.49. The van der Waals surface area contributed by atoms with E-state index in [9.17, 15) is 17.6 Å². The molecule has 168 valence electrons. The number of urea groups is 1. The van der Waals surface area contributed by atoms with E-state index in [0.29, 0.717) is 6.54 Å². The third-order valence-corrected chi connectivity index (χ3v) is 7.39. The fourth-order valence-corrected chi connectivity index (χ4v) is 5.00. The average Bonchev–Trinajstić information content (AvgIpc) is 2.77. The molecule has 1 saturated heterocycles. The monoisotopic (exact) mass is 448 g/mol. The molecule has 7 nitrogen and oxygen atoms in total. The molecule has 1 atom stereocenters. The van der Waals surface area contributed by atoms with E-state index in [2.05, 4.69) is 22.3 Å². The molecule has 0 bridgehead atoms. The lowest BCUT2D eigenvalue weighted by Gasteiger charge is -2.34. The molecule has 3 rings (SSSR count). The lowest BCUT2D eigenvalue weighted by Crippen LogP contribution is -2.54. The van der Waals surface area contributed by atoms with Gasteiger partial charge in [-0.05, 0) is 44.3 Å². The molecule has 1 fully saturated rings. The Kier molecular flexibility index (Phi) is 7.64. The molecule has 1 aliphatic rings. The molecule has 1 N–H and O–H groups in total. The number of nitrogens with zero attached hydrogens (tertiary/aromatic N) is 3. The van der Waals surface area contributed by atoms with Gasteiger partial charge in [0.25, 0.3) is 0 Å². The van der Waals surface area contributed by atoms with E-state index in [0.717, 1.165) is 12.5 Å². The maximum absolute atomic E-state index is 13.4. The SMILES string of the molecule is CN(C)[C@@H](CNC(=O)N1CCN(S(=O)(=O)c2cccc(F)c2)CC1)Cc1ccccc1. The second-order valence-corrected chi connectivity index (χ2v) is 9.78. The van der Waals surface area contributed by atoms with Crippen LogP contribution in [0.2, 0.25) is 0 Å². The zero-order chi connectivity index (χ0) is 22.4. The van der Waals surface area contributed by atoms with Crippen LogP contribution in [0.4, 0.5) is 9.18 Å². The first-order valence-corrected chi connectivity index (χ1v) is 11.7. The molecule has 0 unspecified atom stereocenters. The highest BCUT2D eigenvalue weighted by Crippen LogP contribution is 2.18. The summed E-state index contributed by atoms with van der Waals surface area (Å²) in [4.78, 5) is 16.3. The summed E-state index contributed by atoms with van der Waals surface area (Å²) in [6, 6.07) is 15.0. The Labute approximate surface area is 183 Å². The minimum Gasteiger partial charge on any atom is -0.336 e. The van der Waals surface area contributed by atoms with E-state index in [1.807, 2.05) is 32.3 Å². The molecule has 1 heterocycles. The molecule has 1 aliphatic heterocycles. The van der Waals surface area contributed by atoms with Crippen molar-refractivity contribution in [3.05, 3.63) is 66.0 Å². The molecule has 0 spiro atoms. The number of rotatable bonds is 7. The van der Waals surface area contributed by atoms with Crippen LogP contribution in [-0.2, 0) is 16.4 Å². The van der Waals surface area contributed by atoms with Gasteiger partial charge in [0.15, 0.2) is 0 Å². The molecule has 2 aromatic carbocycles. The zero-order valence-corrected chi connectivity index (χ0v) is 18.7. The number of hydrogen-bond acceptors (Lipinski definition) is 4. The normalized spacial score (nSPS) is 16.3. The highest BCUT2D eigenvalue weighted by atomic mass is 32.2. The number of likely N-dealkylation sites (N-methyl/N-ethyl adjacent to an activating group) is 1. The van der Waals surface area contributed by atoms with Crippen molar-refractivity contribution in [1.29, 1.82) is 0 Å². The molecule has 0 saturated carbocycles. The van der Waals surface area contributed by atoms with Gasteiger partial charge in [-0.3, -0.25) is 0 Å². The second-order valence-electron chi connectivity index (χ2n) is 7.84. The topological polar surface area (TPSA) is 73.0 Å². The Balaban J connectivity index is 1.52. The summed E-state index contributed by atoms with van der Waals surface area (Å²) in [6.45, 7) is 1.40. The van der Waals surface area contributed by atoms with Gasteiger partial charge in [0.1, 0.15) is 5.82 Å². The van der Waals surface area contributed by atoms with Crippen LogP contribution in [0.3, 0.4) is 0 Å². The summed E-state index contributed by atoms with van der Waals surface area (Å²) in [5.41, 5.74) is 1.20. The van der Waals surface area contributed by atoms with Gasteiger partial charge in [-0.25, -0.2) is 17.6 Å². The highest BCUT2D eigenvalue weighted by molar-refractivity contribution is 7.89. The zero-order valence-electron chi connectivity index (χ0n) is 17.9. The van der Waals surface area contributed by atoms with Crippen LogP contribution in [0.15, 0.2) is 59.5 Å². The predicted molar refractivity (Wildman–Crippen MR) is 118 cm³/mol. The smallest absolute Gasteiger partial charge is 0.317 e. The molecule has 9 heteroatoms. The Morgan fingerprint density at radius 1 is 1.06 bits per heavy atom. The molecule has 2 aromatic rings. The largest absolute Gasteiger partial charge is 0.336 e. The fourth-order valence-electron chi connectivity index (χ4n) is 3.55. The van der Waals surface area contributed by atoms with Crippen LogP contribution < -0.4 is 5.32 Å². The van der Waals surface area contributed by atoms with Crippen molar-refractivity contribution in [2.75, 3.05) is 46.8 Å². The van der Waals surface area contributed by atoms with E-state index < -0.39 is 15.8 Å². The van der Waals surface area contributed by atoms with Crippen LogP contribution in [0, 0.1) is 5.82 Å². The Morgan fingerprint density at radius 2 is 1.74 bits per heavy atom. The highest BCUT2D eigenvalue weighted by Gasteiger charge is 2.30. The second kappa shape index (κ2) is 10.2. The number of nitrogens with one attached hydrogen (secondary N) is 1. The minimum atomic E-state index is -3.78. The maximum Gasteiger partial charge on any atom is 0.317 e. The number of hydrogen-bond donors (Lipinski definition) is 1. The number of benzene rings is 2. The fraction of sp³-hybridized carbons (Fsp3) is 0.409. The van der Waals surface area contributed by atoms with Crippen LogP contribution >= 0.6 is 0 Å². The van der Waals surface area contributed by atoms with Crippen molar-refractivity contribution in [1.82, 2.24) is 19.4 Å². The minimum absolute atomic E-state index is 0.0693. The van der Waals surface area contributed by atoms with Gasteiger partial charge in [0.2, 0.25) is 10.0 Å². The first kappa shape index (κ1) is 23.2. The average molecular weight is 449 g/mol. The molecule has 2 amide bonds. The number of carbonyl (C=O) groups excluding carboxylic acids is 1. The van der Waals surface area contributed by atoms with Crippen LogP contribution in [0.25, 0.3) is 0 Å². The summed E-state index contributed by atoms with van der Waals surface area (Å²) in [5, 5.41) is 2.97. The van der Waals surface area contributed by atoms with Crippen molar-refractivity contribution in [3.63, 3.8) is 0 Å². The Bertz CT molecular complexity index is 977. The summed E-state index contributed by atoms with van der Waals surface area (Å²) in [6.07, 6.45) is 0.813. The van der Waals surface area contributed by atoms with Gasteiger partial charge in [0, 0.05) is 38.8 Å². The lowest BCUT2D eigenvalue weighted by atomic mass is 10.1. The van der Waals surface area contributed by atoms with Gasteiger partial charge in [-0.1, -0.05) is 36.4 Å². The third kappa shape index (κ3) is 6.03. The van der Waals surface area contributed by atoms with E-state index in [-0.39, 0.29) is 43.1 Å². The number of piperazine rings is 1. The first-order chi connectivity index (χ1) is 14.8. The maximum atomic E-state index is 13.4. The molecule has 31 heavy (non-hydrogen) atoms. The number of sulfonamides is 1. The van der Waals surface area contributed by atoms with Gasteiger partial charge in [-0.2, -0.15) is 4.31 Å². The van der Waals surface area contributed by atoms with Crippen molar-refractivity contribution in [2.24, 2.45) is 0 Å². The van der Waals surface area contributed by atoms with Crippen molar-refractivity contribution < 1.29 is 17.6 Å². The number of halogens is 1. The van der Waals surface area contributed by atoms with Crippen molar-refractivity contribution >= 4 is 16.1 Å². The lowest BCUT2D eigenvalue weighted by molar-refractivity contribution is 0.168. The molecule has 0 aromatic heterocycles.